The largest absolute Gasteiger partial charge is 0.359 e. The number of amides is 1. The number of nitrogens with one attached hydrogen (secondary N) is 2. The summed E-state index contributed by atoms with van der Waals surface area (Å²) in [7, 11) is 1.72. The first-order valence-electron chi connectivity index (χ1n) is 10.1. The van der Waals surface area contributed by atoms with Crippen LogP contribution in [0.4, 0.5) is 0 Å². The summed E-state index contributed by atoms with van der Waals surface area (Å²) in [6, 6.07) is 8.40. The molecule has 2 bridgehead atoms. The first-order chi connectivity index (χ1) is 13.2. The molecule has 4 rings (SSSR count). The van der Waals surface area contributed by atoms with Crippen LogP contribution in [0.2, 0.25) is 0 Å². The summed E-state index contributed by atoms with van der Waals surface area (Å²) < 4.78 is 0. The van der Waals surface area contributed by atoms with Crippen LogP contribution in [0.5, 0.6) is 0 Å². The van der Waals surface area contributed by atoms with Gasteiger partial charge in [0.25, 0.3) is 0 Å². The predicted octanol–water partition coefficient (Wildman–Crippen LogP) is 2.49. The molecule has 0 saturated heterocycles. The topological polar surface area (TPSA) is 91.9 Å². The van der Waals surface area contributed by atoms with Crippen LogP contribution in [0, 0.1) is 29.6 Å². The highest BCUT2D eigenvalue weighted by molar-refractivity contribution is 6.05. The van der Waals surface area contributed by atoms with Gasteiger partial charge < -0.3 is 5.32 Å². The van der Waals surface area contributed by atoms with Crippen LogP contribution in [-0.2, 0) is 11.3 Å². The fourth-order valence-corrected chi connectivity index (χ4v) is 5.11. The second kappa shape index (κ2) is 8.76. The van der Waals surface area contributed by atoms with E-state index in [2.05, 4.69) is 45.2 Å². The number of carbonyl (C=O) groups is 1. The van der Waals surface area contributed by atoms with Crippen LogP contribution < -0.4 is 16.6 Å². The molecular formula is C21H31N5O. The van der Waals surface area contributed by atoms with E-state index in [-0.39, 0.29) is 5.91 Å². The van der Waals surface area contributed by atoms with Crippen LogP contribution in [0.25, 0.3) is 0 Å². The van der Waals surface area contributed by atoms with Gasteiger partial charge in [-0.25, -0.2) is 0 Å². The number of carbonyl (C=O) groups excluding carboxylic acids is 1. The lowest BCUT2D eigenvalue weighted by atomic mass is 9.69. The second-order valence-electron chi connectivity index (χ2n) is 7.46. The maximum atomic E-state index is 11.9. The summed E-state index contributed by atoms with van der Waals surface area (Å²) in [5.74, 6) is 8.04. The smallest absolute Gasteiger partial charge is 0.220 e. The number of nitrogens with two attached hydrogens (primary N) is 1. The van der Waals surface area contributed by atoms with Crippen LogP contribution in [-0.4, -0.2) is 24.9 Å². The zero-order valence-corrected chi connectivity index (χ0v) is 16.5. The zero-order chi connectivity index (χ0) is 19.4. The Bertz CT molecular complexity index is 712. The highest BCUT2D eigenvalue weighted by Crippen LogP contribution is 2.57. The van der Waals surface area contributed by atoms with Crippen molar-refractivity contribution in [3.05, 3.63) is 35.4 Å². The quantitative estimate of drug-likeness (QED) is 0.550. The Balaban J connectivity index is 0.00000102. The Morgan fingerprint density at radius 1 is 1.22 bits per heavy atom. The number of fused-ring (bicyclic) bond motifs is 5. The van der Waals surface area contributed by atoms with Gasteiger partial charge in [-0.2, -0.15) is 10.2 Å². The predicted molar refractivity (Wildman–Crippen MR) is 109 cm³/mol. The molecule has 1 heterocycles. The molecule has 0 spiro atoms. The van der Waals surface area contributed by atoms with Gasteiger partial charge in [-0.3, -0.25) is 16.1 Å². The van der Waals surface area contributed by atoms with Gasteiger partial charge >= 0.3 is 0 Å². The number of nitrogens with zero attached hydrogens (tertiary/aromatic N) is 2. The minimum Gasteiger partial charge on any atom is -0.359 e. The van der Waals surface area contributed by atoms with E-state index in [1.807, 2.05) is 20.1 Å². The van der Waals surface area contributed by atoms with Gasteiger partial charge in [0, 0.05) is 38.1 Å². The monoisotopic (exact) mass is 369 g/mol. The molecule has 27 heavy (non-hydrogen) atoms. The second-order valence-corrected chi connectivity index (χ2v) is 7.46. The van der Waals surface area contributed by atoms with Gasteiger partial charge in [-0.05, 0) is 41.7 Å². The fourth-order valence-electron chi connectivity index (χ4n) is 5.11. The van der Waals surface area contributed by atoms with E-state index in [0.29, 0.717) is 42.6 Å². The summed E-state index contributed by atoms with van der Waals surface area (Å²) in [5, 5.41) is 11.6. The Labute approximate surface area is 161 Å². The Kier molecular flexibility index (Phi) is 6.39. The maximum Gasteiger partial charge on any atom is 0.220 e. The van der Waals surface area contributed by atoms with Crippen molar-refractivity contribution >= 4 is 17.8 Å². The molecule has 1 amide bonds. The van der Waals surface area contributed by atoms with Crippen molar-refractivity contribution in [2.45, 2.75) is 39.7 Å². The standard InChI is InChI=1S/C19H25N5O.C2H6/c1-21-17(25)8-14-6-13-7-15(14)18-16(13)10-23-24-19(18)12-4-2-11(3-5-12)9-22-20;1-2/h2-5,10,13-16,18,22H,6-9,20H2,1H3,(H,21,25);1-2H3. The van der Waals surface area contributed by atoms with Gasteiger partial charge in [0.15, 0.2) is 0 Å². The van der Waals surface area contributed by atoms with E-state index in [4.69, 9.17) is 5.84 Å². The van der Waals surface area contributed by atoms with E-state index in [1.54, 1.807) is 7.05 Å². The van der Waals surface area contributed by atoms with Gasteiger partial charge in [-0.15, -0.1) is 0 Å². The summed E-state index contributed by atoms with van der Waals surface area (Å²) >= 11 is 0. The number of hydrogen-bond acceptors (Lipinski definition) is 5. The molecule has 2 aliphatic carbocycles. The normalized spacial score (nSPS) is 30.2. The highest BCUT2D eigenvalue weighted by atomic mass is 16.1. The van der Waals surface area contributed by atoms with Crippen LogP contribution >= 0.6 is 0 Å². The van der Waals surface area contributed by atoms with Crippen molar-refractivity contribution in [1.29, 1.82) is 0 Å². The van der Waals surface area contributed by atoms with Crippen LogP contribution in [0.3, 0.4) is 0 Å². The van der Waals surface area contributed by atoms with E-state index < -0.39 is 0 Å². The lowest BCUT2D eigenvalue weighted by Gasteiger charge is -2.35. The minimum atomic E-state index is 0.149. The zero-order valence-electron chi connectivity index (χ0n) is 16.5. The molecule has 146 valence electrons. The van der Waals surface area contributed by atoms with Gasteiger partial charge in [0.2, 0.25) is 5.91 Å². The molecule has 5 atom stereocenters. The van der Waals surface area contributed by atoms with E-state index >= 15 is 0 Å². The fraction of sp³-hybridized carbons (Fsp3) is 0.571. The SMILES string of the molecule is CC.CNC(=O)CC1CC2CC1C1C(c3ccc(CNN)cc3)=NN=CC21. The highest BCUT2D eigenvalue weighted by Gasteiger charge is 2.54. The summed E-state index contributed by atoms with van der Waals surface area (Å²) in [6.45, 7) is 4.65. The third-order valence-corrected chi connectivity index (χ3v) is 6.21. The molecule has 5 unspecified atom stereocenters. The molecule has 0 radical (unpaired) electrons. The molecule has 1 aliphatic heterocycles. The lowest BCUT2D eigenvalue weighted by molar-refractivity contribution is -0.122. The summed E-state index contributed by atoms with van der Waals surface area (Å²) in [6.07, 6.45) is 5.00. The first-order valence-corrected chi connectivity index (χ1v) is 10.1. The minimum absolute atomic E-state index is 0.149. The Morgan fingerprint density at radius 3 is 2.63 bits per heavy atom. The van der Waals surface area contributed by atoms with Crippen molar-refractivity contribution < 1.29 is 4.79 Å². The number of hydrogen-bond donors (Lipinski definition) is 3. The van der Waals surface area contributed by atoms with Crippen molar-refractivity contribution in [2.75, 3.05) is 7.05 Å². The van der Waals surface area contributed by atoms with Crippen LogP contribution in [0.1, 0.15) is 44.2 Å². The summed E-state index contributed by atoms with van der Waals surface area (Å²) in [5.41, 5.74) is 6.06. The molecule has 2 saturated carbocycles. The van der Waals surface area contributed by atoms with E-state index in [9.17, 15) is 4.79 Å². The van der Waals surface area contributed by atoms with E-state index in [0.717, 1.165) is 23.3 Å². The number of hydrazine groups is 1. The van der Waals surface area contributed by atoms with Gasteiger partial charge in [0.05, 0.1) is 5.71 Å². The van der Waals surface area contributed by atoms with E-state index in [1.165, 1.54) is 6.42 Å². The van der Waals surface area contributed by atoms with Crippen molar-refractivity contribution in [3.63, 3.8) is 0 Å². The summed E-state index contributed by atoms with van der Waals surface area (Å²) in [4.78, 5) is 11.9. The van der Waals surface area contributed by atoms with Crippen molar-refractivity contribution in [1.82, 2.24) is 10.7 Å². The van der Waals surface area contributed by atoms with Crippen molar-refractivity contribution in [2.24, 2.45) is 45.6 Å². The van der Waals surface area contributed by atoms with Gasteiger partial charge in [-0.1, -0.05) is 38.1 Å². The molecule has 6 nitrogen and oxygen atoms in total. The molecule has 1 aromatic rings. The lowest BCUT2D eigenvalue weighted by Crippen LogP contribution is -2.38. The molecule has 2 fully saturated rings. The van der Waals surface area contributed by atoms with Crippen LogP contribution in [0.15, 0.2) is 34.5 Å². The molecule has 3 aliphatic rings. The molecule has 6 heteroatoms. The molecule has 1 aromatic carbocycles. The number of benzene rings is 1. The Hall–Kier alpha value is -2.05. The van der Waals surface area contributed by atoms with Gasteiger partial charge in [0.1, 0.15) is 0 Å². The third kappa shape index (κ3) is 3.82. The molecule has 4 N–H and O–H groups in total. The maximum absolute atomic E-state index is 11.9. The molecular weight excluding hydrogens is 338 g/mol. The molecule has 0 aromatic heterocycles. The average molecular weight is 370 g/mol. The number of rotatable bonds is 5. The average Bonchev–Trinajstić information content (AvgIpc) is 3.29. The Morgan fingerprint density at radius 2 is 1.96 bits per heavy atom. The first kappa shape index (κ1) is 19.7. The third-order valence-electron chi connectivity index (χ3n) is 6.21. The van der Waals surface area contributed by atoms with Crippen molar-refractivity contribution in [3.8, 4) is 0 Å².